The van der Waals surface area contributed by atoms with Crippen LogP contribution >= 0.6 is 0 Å². The first-order valence-corrected chi connectivity index (χ1v) is 4.33. The average molecular weight is 185 g/mol. The van der Waals surface area contributed by atoms with Crippen LogP contribution in [-0.4, -0.2) is 35.8 Å². The Hall–Kier alpha value is -1.10. The second-order valence-electron chi connectivity index (χ2n) is 3.58. The van der Waals surface area contributed by atoms with Gasteiger partial charge in [-0.3, -0.25) is 9.59 Å². The summed E-state index contributed by atoms with van der Waals surface area (Å²) in [7, 11) is 0. The normalized spacial score (nSPS) is 24.9. The van der Waals surface area contributed by atoms with E-state index in [0.29, 0.717) is 13.1 Å². The molecule has 5 heteroatoms. The van der Waals surface area contributed by atoms with E-state index in [1.165, 1.54) is 0 Å². The Morgan fingerprint density at radius 3 is 2.77 bits per heavy atom. The van der Waals surface area contributed by atoms with E-state index in [0.717, 1.165) is 0 Å². The van der Waals surface area contributed by atoms with Gasteiger partial charge in [-0.05, 0) is 6.92 Å². The zero-order valence-corrected chi connectivity index (χ0v) is 7.69. The molecule has 1 fully saturated rings. The van der Waals surface area contributed by atoms with E-state index < -0.39 is 5.91 Å². The van der Waals surface area contributed by atoms with Gasteiger partial charge in [0.2, 0.25) is 11.8 Å². The Morgan fingerprint density at radius 1 is 1.77 bits per heavy atom. The lowest BCUT2D eigenvalue weighted by atomic mass is 10.1. The van der Waals surface area contributed by atoms with Gasteiger partial charge in [-0.15, -0.1) is 0 Å². The fraction of sp³-hybridized carbons (Fsp3) is 0.750. The number of likely N-dealkylation sites (tertiary alicyclic amines) is 1. The summed E-state index contributed by atoms with van der Waals surface area (Å²) in [4.78, 5) is 23.7. The maximum atomic E-state index is 11.3. The highest BCUT2D eigenvalue weighted by molar-refractivity contribution is 5.88. The summed E-state index contributed by atoms with van der Waals surface area (Å²) < 4.78 is 0. The molecule has 0 aromatic rings. The van der Waals surface area contributed by atoms with Gasteiger partial charge < -0.3 is 16.4 Å². The Balaban J connectivity index is 2.51. The lowest BCUT2D eigenvalue weighted by Gasteiger charge is -2.18. The van der Waals surface area contributed by atoms with Gasteiger partial charge >= 0.3 is 0 Å². The Kier molecular flexibility index (Phi) is 2.87. The molecular weight excluding hydrogens is 170 g/mol. The molecule has 0 spiro atoms. The number of amides is 2. The first kappa shape index (κ1) is 9.98. The van der Waals surface area contributed by atoms with Crippen LogP contribution in [0.5, 0.6) is 0 Å². The largest absolute Gasteiger partial charge is 0.369 e. The van der Waals surface area contributed by atoms with E-state index in [9.17, 15) is 9.59 Å². The second-order valence-corrected chi connectivity index (χ2v) is 3.58. The number of rotatable bonds is 3. The minimum Gasteiger partial charge on any atom is -0.369 e. The molecule has 0 aliphatic carbocycles. The molecule has 0 bridgehead atoms. The van der Waals surface area contributed by atoms with Crippen LogP contribution in [0.1, 0.15) is 13.3 Å². The molecule has 2 unspecified atom stereocenters. The lowest BCUT2D eigenvalue weighted by molar-refractivity contribution is -0.128. The van der Waals surface area contributed by atoms with Crippen molar-refractivity contribution in [2.75, 3.05) is 13.1 Å². The molecule has 4 N–H and O–H groups in total. The van der Waals surface area contributed by atoms with Gasteiger partial charge in [-0.1, -0.05) is 0 Å². The van der Waals surface area contributed by atoms with E-state index in [2.05, 4.69) is 0 Å². The number of hydrogen-bond acceptors (Lipinski definition) is 3. The molecule has 1 saturated heterocycles. The van der Waals surface area contributed by atoms with Gasteiger partial charge in [0.1, 0.15) is 0 Å². The first-order chi connectivity index (χ1) is 6.00. The van der Waals surface area contributed by atoms with Gasteiger partial charge in [0.15, 0.2) is 0 Å². The monoisotopic (exact) mass is 185 g/mol. The second kappa shape index (κ2) is 3.74. The maximum Gasteiger partial charge on any atom is 0.223 e. The number of nitrogens with two attached hydrogens (primary N) is 2. The fourth-order valence-corrected chi connectivity index (χ4v) is 1.49. The van der Waals surface area contributed by atoms with Gasteiger partial charge in [0.25, 0.3) is 0 Å². The van der Waals surface area contributed by atoms with E-state index in [1.807, 2.05) is 6.92 Å². The zero-order chi connectivity index (χ0) is 10.0. The highest BCUT2D eigenvalue weighted by atomic mass is 16.2. The summed E-state index contributed by atoms with van der Waals surface area (Å²) in [5.41, 5.74) is 10.6. The van der Waals surface area contributed by atoms with E-state index in [1.54, 1.807) is 4.90 Å². The van der Waals surface area contributed by atoms with Crippen molar-refractivity contribution in [2.24, 2.45) is 17.4 Å². The van der Waals surface area contributed by atoms with Crippen molar-refractivity contribution in [2.45, 2.75) is 19.4 Å². The number of nitrogens with zero attached hydrogens (tertiary/aromatic N) is 1. The van der Waals surface area contributed by atoms with Crippen LogP contribution in [0.3, 0.4) is 0 Å². The summed E-state index contributed by atoms with van der Waals surface area (Å²) in [5.74, 6) is -0.757. The molecule has 74 valence electrons. The predicted octanol–water partition coefficient (Wildman–Crippen LogP) is -1.33. The van der Waals surface area contributed by atoms with Crippen LogP contribution in [0, 0.1) is 5.92 Å². The van der Waals surface area contributed by atoms with Crippen LogP contribution in [0.2, 0.25) is 0 Å². The third-order valence-corrected chi connectivity index (χ3v) is 2.13. The van der Waals surface area contributed by atoms with Crippen molar-refractivity contribution in [3.63, 3.8) is 0 Å². The Bertz CT molecular complexity index is 227. The molecule has 0 aromatic heterocycles. The van der Waals surface area contributed by atoms with Crippen molar-refractivity contribution < 1.29 is 9.59 Å². The first-order valence-electron chi connectivity index (χ1n) is 4.33. The van der Waals surface area contributed by atoms with E-state index in [-0.39, 0.29) is 24.3 Å². The molecule has 1 aliphatic rings. The van der Waals surface area contributed by atoms with Crippen LogP contribution in [0.15, 0.2) is 0 Å². The number of primary amides is 1. The molecule has 0 radical (unpaired) electrons. The Morgan fingerprint density at radius 2 is 2.38 bits per heavy atom. The maximum absolute atomic E-state index is 11.3. The SMILES string of the molecule is CC(N)CN1CC(C(N)=O)CC1=O. The molecule has 1 rings (SSSR count). The topological polar surface area (TPSA) is 89.4 Å². The molecule has 0 saturated carbocycles. The van der Waals surface area contributed by atoms with Crippen LogP contribution in [0.25, 0.3) is 0 Å². The summed E-state index contributed by atoms with van der Waals surface area (Å²) in [6.45, 7) is 2.75. The molecule has 0 aromatic carbocycles. The van der Waals surface area contributed by atoms with Crippen molar-refractivity contribution >= 4 is 11.8 Å². The van der Waals surface area contributed by atoms with Gasteiger partial charge in [-0.2, -0.15) is 0 Å². The quantitative estimate of drug-likeness (QED) is 0.570. The predicted molar refractivity (Wildman–Crippen MR) is 47.5 cm³/mol. The van der Waals surface area contributed by atoms with Crippen LogP contribution in [-0.2, 0) is 9.59 Å². The van der Waals surface area contributed by atoms with Crippen LogP contribution in [0.4, 0.5) is 0 Å². The summed E-state index contributed by atoms with van der Waals surface area (Å²) in [5, 5.41) is 0. The summed E-state index contributed by atoms with van der Waals surface area (Å²) in [6, 6.07) is -0.0597. The van der Waals surface area contributed by atoms with E-state index in [4.69, 9.17) is 11.5 Å². The smallest absolute Gasteiger partial charge is 0.223 e. The third-order valence-electron chi connectivity index (χ3n) is 2.13. The minimum atomic E-state index is -0.402. The third kappa shape index (κ3) is 2.42. The molecule has 1 aliphatic heterocycles. The van der Waals surface area contributed by atoms with E-state index >= 15 is 0 Å². The summed E-state index contributed by atoms with van der Waals surface area (Å²) >= 11 is 0. The number of carbonyl (C=O) groups is 2. The van der Waals surface area contributed by atoms with Gasteiger partial charge in [0.05, 0.1) is 5.92 Å². The zero-order valence-electron chi connectivity index (χ0n) is 7.69. The van der Waals surface area contributed by atoms with Crippen molar-refractivity contribution in [3.05, 3.63) is 0 Å². The van der Waals surface area contributed by atoms with Crippen molar-refractivity contribution in [1.29, 1.82) is 0 Å². The highest BCUT2D eigenvalue weighted by Gasteiger charge is 2.32. The molecular formula is C8H15N3O2. The van der Waals surface area contributed by atoms with Crippen LogP contribution < -0.4 is 11.5 Å². The number of hydrogen-bond donors (Lipinski definition) is 2. The molecule has 1 heterocycles. The Labute approximate surface area is 77.1 Å². The van der Waals surface area contributed by atoms with Gasteiger partial charge in [0, 0.05) is 25.6 Å². The fourth-order valence-electron chi connectivity index (χ4n) is 1.49. The highest BCUT2D eigenvalue weighted by Crippen LogP contribution is 2.16. The molecule has 13 heavy (non-hydrogen) atoms. The number of carbonyl (C=O) groups excluding carboxylic acids is 2. The van der Waals surface area contributed by atoms with Crippen molar-refractivity contribution in [3.8, 4) is 0 Å². The molecule has 2 atom stereocenters. The lowest BCUT2D eigenvalue weighted by Crippen LogP contribution is -2.37. The standard InChI is InChI=1S/C8H15N3O2/c1-5(9)3-11-4-6(8(10)13)2-7(11)12/h5-6H,2-4,9H2,1H3,(H2,10,13). The molecule has 2 amide bonds. The average Bonchev–Trinajstić information content (AvgIpc) is 2.31. The summed E-state index contributed by atoms with van der Waals surface area (Å²) in [6.07, 6.45) is 0.238. The van der Waals surface area contributed by atoms with Crippen molar-refractivity contribution in [1.82, 2.24) is 4.90 Å². The minimum absolute atomic E-state index is 0.0268. The molecule has 5 nitrogen and oxygen atoms in total. The van der Waals surface area contributed by atoms with Gasteiger partial charge in [-0.25, -0.2) is 0 Å².